The number of anilines is 1. The molecule has 1 aromatic heterocycles. The van der Waals surface area contributed by atoms with Crippen molar-refractivity contribution in [3.05, 3.63) is 69.5 Å². The standard InChI is InChI=1S/C36H48FN7O4.ClH/c1-41(2)16-8-15-38-35(46)27-12-10-26(11-13-27)23-28-14-18-44-34(28)39-31-25-32(30(37)24-29(31)36(44)47)43-21-19-42(20-22-43)17-7-5-3-4-6-9-33(45)40-48;/h10-13,23-25,48H,3-9,14-22H2,1-2H3,(H,38,46)(H,40,45);1H/b28-23+;. The molecule has 0 unspecified atom stereocenters. The number of hydrogen-bond acceptors (Lipinski definition) is 8. The zero-order chi connectivity index (χ0) is 34.0. The van der Waals surface area contributed by atoms with Crippen molar-refractivity contribution in [2.45, 2.75) is 57.9 Å². The van der Waals surface area contributed by atoms with Crippen LogP contribution in [-0.4, -0.2) is 96.3 Å². The Labute approximate surface area is 293 Å². The van der Waals surface area contributed by atoms with Gasteiger partial charge in [-0.2, -0.15) is 0 Å². The maximum absolute atomic E-state index is 15.4. The van der Waals surface area contributed by atoms with Crippen LogP contribution in [0.15, 0.2) is 41.2 Å². The number of rotatable bonds is 15. The molecule has 0 bridgehead atoms. The molecule has 0 saturated carbocycles. The van der Waals surface area contributed by atoms with E-state index in [1.165, 1.54) is 6.07 Å². The first-order chi connectivity index (χ1) is 23.2. The molecule has 5 rings (SSSR count). The minimum atomic E-state index is -0.402. The lowest BCUT2D eigenvalue weighted by atomic mass is 10.1. The fourth-order valence-corrected chi connectivity index (χ4v) is 6.46. The Morgan fingerprint density at radius 1 is 0.980 bits per heavy atom. The van der Waals surface area contributed by atoms with Gasteiger partial charge in [0, 0.05) is 51.3 Å². The topological polar surface area (TPSA) is 123 Å². The van der Waals surface area contributed by atoms with Crippen LogP contribution in [0.5, 0.6) is 0 Å². The van der Waals surface area contributed by atoms with E-state index in [0.717, 1.165) is 75.8 Å². The van der Waals surface area contributed by atoms with E-state index in [1.807, 2.05) is 49.3 Å². The molecule has 0 spiro atoms. The molecule has 1 fully saturated rings. The number of halogens is 2. The molecular formula is C36H49ClFN7O4. The van der Waals surface area contributed by atoms with Gasteiger partial charge in [-0.25, -0.2) is 14.9 Å². The molecule has 266 valence electrons. The van der Waals surface area contributed by atoms with Crippen LogP contribution < -0.4 is 21.3 Å². The Bertz CT molecular complexity index is 1670. The van der Waals surface area contributed by atoms with Gasteiger partial charge in [0.25, 0.3) is 11.5 Å². The summed E-state index contributed by atoms with van der Waals surface area (Å²) in [5, 5.41) is 11.8. The number of carbonyl (C=O) groups excluding carboxylic acids is 2. The molecule has 3 heterocycles. The number of nitrogens with zero attached hydrogens (tertiary/aromatic N) is 5. The van der Waals surface area contributed by atoms with E-state index in [4.69, 9.17) is 10.2 Å². The molecule has 1 saturated heterocycles. The average molecular weight is 698 g/mol. The molecule has 2 aliphatic rings. The molecule has 11 nitrogen and oxygen atoms in total. The number of allylic oxidation sites excluding steroid dienone is 1. The van der Waals surface area contributed by atoms with E-state index in [0.29, 0.717) is 61.6 Å². The summed E-state index contributed by atoms with van der Waals surface area (Å²) < 4.78 is 17.0. The van der Waals surface area contributed by atoms with Crippen molar-refractivity contribution >= 4 is 52.5 Å². The van der Waals surface area contributed by atoms with Crippen molar-refractivity contribution in [2.75, 3.05) is 64.8 Å². The number of hydroxylamine groups is 1. The zero-order valence-corrected chi connectivity index (χ0v) is 29.4. The number of aromatic nitrogens is 2. The van der Waals surface area contributed by atoms with Crippen LogP contribution in [0.25, 0.3) is 22.6 Å². The Kier molecular flexibility index (Phi) is 14.1. The Balaban J connectivity index is 0.00000541. The Morgan fingerprint density at radius 3 is 2.41 bits per heavy atom. The van der Waals surface area contributed by atoms with Gasteiger partial charge in [0.1, 0.15) is 11.6 Å². The Morgan fingerprint density at radius 2 is 1.69 bits per heavy atom. The van der Waals surface area contributed by atoms with E-state index in [9.17, 15) is 14.4 Å². The maximum atomic E-state index is 15.4. The van der Waals surface area contributed by atoms with Crippen LogP contribution in [0.3, 0.4) is 0 Å². The first-order valence-corrected chi connectivity index (χ1v) is 17.1. The van der Waals surface area contributed by atoms with Crippen molar-refractivity contribution in [2.24, 2.45) is 0 Å². The summed E-state index contributed by atoms with van der Waals surface area (Å²) in [6.07, 6.45) is 8.84. The number of fused-ring (bicyclic) bond motifs is 2. The van der Waals surface area contributed by atoms with Gasteiger partial charge in [-0.05, 0) is 94.3 Å². The van der Waals surface area contributed by atoms with E-state index >= 15 is 4.39 Å². The summed E-state index contributed by atoms with van der Waals surface area (Å²) in [5.74, 6) is -0.230. The maximum Gasteiger partial charge on any atom is 0.261 e. The molecule has 3 N–H and O–H groups in total. The van der Waals surface area contributed by atoms with Crippen molar-refractivity contribution in [3.63, 3.8) is 0 Å². The van der Waals surface area contributed by atoms with E-state index in [2.05, 4.69) is 15.1 Å². The molecule has 0 aliphatic carbocycles. The molecule has 2 amide bonds. The van der Waals surface area contributed by atoms with Crippen molar-refractivity contribution in [3.8, 4) is 0 Å². The quantitative estimate of drug-likeness (QED) is 0.120. The van der Waals surface area contributed by atoms with Crippen molar-refractivity contribution < 1.29 is 19.2 Å². The third kappa shape index (κ3) is 10.1. The molecule has 49 heavy (non-hydrogen) atoms. The van der Waals surface area contributed by atoms with Gasteiger partial charge in [-0.1, -0.05) is 31.4 Å². The van der Waals surface area contributed by atoms with Gasteiger partial charge in [-0.3, -0.25) is 29.1 Å². The normalized spacial score (nSPS) is 15.4. The zero-order valence-electron chi connectivity index (χ0n) is 28.5. The van der Waals surface area contributed by atoms with Gasteiger partial charge < -0.3 is 15.1 Å². The van der Waals surface area contributed by atoms with E-state index < -0.39 is 5.82 Å². The number of amides is 2. The van der Waals surface area contributed by atoms with Crippen molar-refractivity contribution in [1.82, 2.24) is 30.1 Å². The summed E-state index contributed by atoms with van der Waals surface area (Å²) in [5.41, 5.74) is 4.86. The van der Waals surface area contributed by atoms with E-state index in [1.54, 1.807) is 16.1 Å². The Hall–Kier alpha value is -3.84. The fourth-order valence-electron chi connectivity index (χ4n) is 6.46. The largest absolute Gasteiger partial charge is 0.367 e. The van der Waals surface area contributed by atoms with Gasteiger partial charge >= 0.3 is 0 Å². The lowest BCUT2D eigenvalue weighted by Crippen LogP contribution is -2.47. The highest BCUT2D eigenvalue weighted by Crippen LogP contribution is 2.30. The van der Waals surface area contributed by atoms with Gasteiger partial charge in [-0.15, -0.1) is 12.4 Å². The summed E-state index contributed by atoms with van der Waals surface area (Å²) in [6, 6.07) is 10.5. The lowest BCUT2D eigenvalue weighted by Gasteiger charge is -2.36. The number of hydrogen-bond donors (Lipinski definition) is 3. The number of carbonyl (C=O) groups is 2. The van der Waals surface area contributed by atoms with Crippen LogP contribution in [-0.2, 0) is 11.3 Å². The highest BCUT2D eigenvalue weighted by atomic mass is 35.5. The summed E-state index contributed by atoms with van der Waals surface area (Å²) >= 11 is 0. The smallest absolute Gasteiger partial charge is 0.261 e. The van der Waals surface area contributed by atoms with Crippen molar-refractivity contribution in [1.29, 1.82) is 0 Å². The molecule has 3 aromatic rings. The highest BCUT2D eigenvalue weighted by molar-refractivity contribution is 5.94. The summed E-state index contributed by atoms with van der Waals surface area (Å²) in [7, 11) is 4.02. The summed E-state index contributed by atoms with van der Waals surface area (Å²) in [4.78, 5) is 48.4. The molecule has 0 atom stereocenters. The predicted molar refractivity (Wildman–Crippen MR) is 194 cm³/mol. The number of benzene rings is 2. The lowest BCUT2D eigenvalue weighted by molar-refractivity contribution is -0.129. The minimum absolute atomic E-state index is 0. The third-order valence-corrected chi connectivity index (χ3v) is 9.21. The van der Waals surface area contributed by atoms with Crippen LogP contribution >= 0.6 is 12.4 Å². The summed E-state index contributed by atoms with van der Waals surface area (Å²) in [6.45, 7) is 6.05. The molecule has 0 radical (unpaired) electrons. The van der Waals surface area contributed by atoms with Crippen LogP contribution in [0, 0.1) is 5.82 Å². The second-order valence-corrected chi connectivity index (χ2v) is 13.0. The minimum Gasteiger partial charge on any atom is -0.367 e. The molecular weight excluding hydrogens is 649 g/mol. The molecule has 2 aliphatic heterocycles. The number of piperazine rings is 1. The van der Waals surface area contributed by atoms with Gasteiger partial charge in [0.2, 0.25) is 5.91 Å². The predicted octanol–water partition coefficient (Wildman–Crippen LogP) is 4.55. The van der Waals surface area contributed by atoms with Gasteiger partial charge in [0.05, 0.1) is 16.6 Å². The van der Waals surface area contributed by atoms with E-state index in [-0.39, 0.29) is 35.2 Å². The highest BCUT2D eigenvalue weighted by Gasteiger charge is 2.24. The molecule has 13 heteroatoms. The SMILES string of the molecule is CN(C)CCCNC(=O)c1ccc(/C=C2\CCn3c2nc2cc(N4CCN(CCCCCCCC(=O)NO)CC4)c(F)cc2c3=O)cc1.Cl. The number of nitrogens with one attached hydrogen (secondary N) is 2. The first-order valence-electron chi connectivity index (χ1n) is 17.1. The van der Waals surface area contributed by atoms with Crippen LogP contribution in [0.2, 0.25) is 0 Å². The third-order valence-electron chi connectivity index (χ3n) is 9.21. The first kappa shape index (κ1) is 38.0. The molecule has 2 aromatic carbocycles. The van der Waals surface area contributed by atoms with Crippen LogP contribution in [0.4, 0.5) is 10.1 Å². The average Bonchev–Trinajstić information content (AvgIpc) is 3.49. The number of unbranched alkanes of at least 4 members (excludes halogenated alkanes) is 4. The second-order valence-electron chi connectivity index (χ2n) is 13.0. The van der Waals surface area contributed by atoms with Crippen LogP contribution in [0.1, 0.15) is 73.1 Å². The second kappa shape index (κ2) is 18.2. The van der Waals surface area contributed by atoms with Gasteiger partial charge in [0.15, 0.2) is 0 Å². The monoisotopic (exact) mass is 697 g/mol. The fraction of sp³-hybridized carbons (Fsp3) is 0.500.